The Balaban J connectivity index is 3.08. The van der Waals surface area contributed by atoms with Crippen molar-refractivity contribution < 1.29 is 13.9 Å². The highest BCUT2D eigenvalue weighted by Crippen LogP contribution is 2.18. The van der Waals surface area contributed by atoms with Crippen LogP contribution in [0.1, 0.15) is 29.1 Å². The van der Waals surface area contributed by atoms with Crippen LogP contribution in [0.15, 0.2) is 18.3 Å². The second-order valence-corrected chi connectivity index (χ2v) is 2.53. The van der Waals surface area contributed by atoms with Gasteiger partial charge in [0.05, 0.1) is 11.3 Å². The highest BCUT2D eigenvalue weighted by molar-refractivity contribution is 5.91. The fourth-order valence-electron chi connectivity index (χ4n) is 1.00. The first kappa shape index (κ1) is 10.1. The van der Waals surface area contributed by atoms with Gasteiger partial charge in [-0.2, -0.15) is 0 Å². The highest BCUT2D eigenvalue weighted by atomic mass is 19.1. The van der Waals surface area contributed by atoms with Crippen molar-refractivity contribution in [1.82, 2.24) is 4.98 Å². The standard InChI is InChI=1S/C9H7FN2O2/c1-6(10)8-7(3-2-4-12-8)9(13)14-5-11/h2-4,6H,1H3. The van der Waals surface area contributed by atoms with Crippen molar-refractivity contribution >= 4 is 5.97 Å². The number of nitriles is 1. The van der Waals surface area contributed by atoms with Crippen LogP contribution in [0, 0.1) is 11.5 Å². The molecule has 1 rings (SSSR count). The number of rotatable bonds is 2. The number of pyridine rings is 1. The van der Waals surface area contributed by atoms with Crippen molar-refractivity contribution in [2.45, 2.75) is 13.1 Å². The van der Waals surface area contributed by atoms with E-state index in [1.165, 1.54) is 31.5 Å². The van der Waals surface area contributed by atoms with Gasteiger partial charge >= 0.3 is 5.97 Å². The predicted octanol–water partition coefficient (Wildman–Crippen LogP) is 1.75. The Kier molecular flexibility index (Phi) is 3.13. The van der Waals surface area contributed by atoms with Gasteiger partial charge in [-0.15, -0.1) is 5.26 Å². The molecule has 0 N–H and O–H groups in total. The summed E-state index contributed by atoms with van der Waals surface area (Å²) in [4.78, 5) is 14.8. The lowest BCUT2D eigenvalue weighted by molar-refractivity contribution is 0.0681. The number of halogens is 1. The largest absolute Gasteiger partial charge is 0.355 e. The zero-order valence-electron chi connectivity index (χ0n) is 7.40. The van der Waals surface area contributed by atoms with Crippen LogP contribution in [0.5, 0.6) is 0 Å². The zero-order chi connectivity index (χ0) is 10.6. The molecule has 1 atom stereocenters. The van der Waals surface area contributed by atoms with E-state index >= 15 is 0 Å². The van der Waals surface area contributed by atoms with Crippen LogP contribution >= 0.6 is 0 Å². The molecule has 0 aliphatic rings. The molecule has 1 aromatic heterocycles. The van der Waals surface area contributed by atoms with Gasteiger partial charge in [-0.05, 0) is 19.1 Å². The highest BCUT2D eigenvalue weighted by Gasteiger charge is 2.17. The third-order valence-corrected chi connectivity index (χ3v) is 1.57. The van der Waals surface area contributed by atoms with E-state index in [1.807, 2.05) is 0 Å². The van der Waals surface area contributed by atoms with Crippen LogP contribution < -0.4 is 0 Å². The summed E-state index contributed by atoms with van der Waals surface area (Å²) in [6.45, 7) is 1.26. The molecule has 0 saturated heterocycles. The summed E-state index contributed by atoms with van der Waals surface area (Å²) in [7, 11) is 0. The molecule has 5 heteroatoms. The summed E-state index contributed by atoms with van der Waals surface area (Å²) in [5.41, 5.74) is -0.0446. The van der Waals surface area contributed by atoms with E-state index in [0.717, 1.165) is 0 Å². The monoisotopic (exact) mass is 194 g/mol. The van der Waals surface area contributed by atoms with Crippen molar-refractivity contribution in [2.24, 2.45) is 0 Å². The number of ether oxygens (including phenoxy) is 1. The van der Waals surface area contributed by atoms with E-state index in [4.69, 9.17) is 5.26 Å². The number of aromatic nitrogens is 1. The Morgan fingerprint density at radius 1 is 1.79 bits per heavy atom. The van der Waals surface area contributed by atoms with E-state index in [9.17, 15) is 9.18 Å². The van der Waals surface area contributed by atoms with Crippen LogP contribution in [0.25, 0.3) is 0 Å². The molecule has 1 unspecified atom stereocenters. The van der Waals surface area contributed by atoms with Gasteiger partial charge < -0.3 is 4.74 Å². The van der Waals surface area contributed by atoms with Gasteiger partial charge in [-0.3, -0.25) is 4.98 Å². The SMILES string of the molecule is CC(F)c1ncccc1C(=O)OC#N. The first-order valence-electron chi connectivity index (χ1n) is 3.86. The lowest BCUT2D eigenvalue weighted by Gasteiger charge is -2.05. The molecular formula is C9H7FN2O2. The second-order valence-electron chi connectivity index (χ2n) is 2.53. The molecule has 1 aromatic rings. The van der Waals surface area contributed by atoms with Crippen molar-refractivity contribution in [3.63, 3.8) is 0 Å². The summed E-state index contributed by atoms with van der Waals surface area (Å²) in [6, 6.07) is 2.83. The molecule has 0 aromatic carbocycles. The summed E-state index contributed by atoms with van der Waals surface area (Å²) < 4.78 is 17.0. The van der Waals surface area contributed by atoms with E-state index in [-0.39, 0.29) is 11.3 Å². The predicted molar refractivity (Wildman–Crippen MR) is 44.8 cm³/mol. The van der Waals surface area contributed by atoms with Gasteiger partial charge in [0.2, 0.25) is 0 Å². The van der Waals surface area contributed by atoms with Gasteiger partial charge in [-0.25, -0.2) is 9.18 Å². The molecule has 0 aliphatic carbocycles. The molecule has 0 radical (unpaired) electrons. The van der Waals surface area contributed by atoms with Gasteiger partial charge in [0, 0.05) is 6.20 Å². The van der Waals surface area contributed by atoms with Crippen LogP contribution in [-0.4, -0.2) is 11.0 Å². The van der Waals surface area contributed by atoms with Crippen LogP contribution in [-0.2, 0) is 4.74 Å². The second kappa shape index (κ2) is 4.33. The lowest BCUT2D eigenvalue weighted by Crippen LogP contribution is -2.07. The first-order valence-corrected chi connectivity index (χ1v) is 3.86. The van der Waals surface area contributed by atoms with E-state index in [2.05, 4.69) is 9.72 Å². The molecule has 0 amide bonds. The lowest BCUT2D eigenvalue weighted by atomic mass is 10.1. The van der Waals surface area contributed by atoms with Crippen molar-refractivity contribution in [1.29, 1.82) is 5.26 Å². The molecule has 0 saturated carbocycles. The maximum Gasteiger partial charge on any atom is 0.355 e. The zero-order valence-corrected chi connectivity index (χ0v) is 7.40. The van der Waals surface area contributed by atoms with Crippen molar-refractivity contribution in [2.75, 3.05) is 0 Å². The normalized spacial score (nSPS) is 11.5. The minimum Gasteiger partial charge on any atom is -0.347 e. The number of nitrogens with zero attached hydrogens (tertiary/aromatic N) is 2. The Morgan fingerprint density at radius 3 is 3.07 bits per heavy atom. The number of hydrogen-bond acceptors (Lipinski definition) is 4. The fraction of sp³-hybridized carbons (Fsp3) is 0.222. The number of hydrogen-bond donors (Lipinski definition) is 0. The Hall–Kier alpha value is -1.96. The Morgan fingerprint density at radius 2 is 2.50 bits per heavy atom. The van der Waals surface area contributed by atoms with Crippen LogP contribution in [0.4, 0.5) is 4.39 Å². The molecule has 1 heterocycles. The quantitative estimate of drug-likeness (QED) is 0.531. The molecule has 14 heavy (non-hydrogen) atoms. The average Bonchev–Trinajstić information content (AvgIpc) is 2.18. The van der Waals surface area contributed by atoms with E-state index in [1.54, 1.807) is 0 Å². The van der Waals surface area contributed by atoms with Gasteiger partial charge in [0.25, 0.3) is 6.26 Å². The van der Waals surface area contributed by atoms with Gasteiger partial charge in [0.1, 0.15) is 6.17 Å². The summed E-state index contributed by atoms with van der Waals surface area (Å²) in [5, 5.41) is 8.12. The maximum atomic E-state index is 12.9. The van der Waals surface area contributed by atoms with Gasteiger partial charge in [0.15, 0.2) is 0 Å². The average molecular weight is 194 g/mol. The molecule has 72 valence electrons. The van der Waals surface area contributed by atoms with Crippen LogP contribution in [0.3, 0.4) is 0 Å². The molecule has 4 nitrogen and oxygen atoms in total. The minimum atomic E-state index is -1.38. The number of esters is 1. The van der Waals surface area contributed by atoms with E-state index < -0.39 is 12.1 Å². The summed E-state index contributed by atoms with van der Waals surface area (Å²) in [6.07, 6.45) is 1.22. The number of carbonyl (C=O) groups is 1. The van der Waals surface area contributed by atoms with Gasteiger partial charge in [-0.1, -0.05) is 0 Å². The van der Waals surface area contributed by atoms with Crippen LogP contribution in [0.2, 0.25) is 0 Å². The minimum absolute atomic E-state index is 0.0206. The van der Waals surface area contributed by atoms with Crippen molar-refractivity contribution in [3.8, 4) is 6.26 Å². The maximum absolute atomic E-state index is 12.9. The summed E-state index contributed by atoms with van der Waals surface area (Å²) in [5.74, 6) is -0.889. The Bertz CT molecular complexity index is 385. The fourth-order valence-corrected chi connectivity index (χ4v) is 1.00. The number of alkyl halides is 1. The first-order chi connectivity index (χ1) is 6.66. The third-order valence-electron chi connectivity index (χ3n) is 1.57. The summed E-state index contributed by atoms with van der Waals surface area (Å²) >= 11 is 0. The van der Waals surface area contributed by atoms with Crippen molar-refractivity contribution in [3.05, 3.63) is 29.6 Å². The molecule has 0 fully saturated rings. The smallest absolute Gasteiger partial charge is 0.347 e. The third kappa shape index (κ3) is 2.04. The molecule has 0 bridgehead atoms. The number of carbonyl (C=O) groups excluding carboxylic acids is 1. The topological polar surface area (TPSA) is 63.0 Å². The molecular weight excluding hydrogens is 187 g/mol. The molecule has 0 aliphatic heterocycles. The molecule has 0 spiro atoms. The Labute approximate surface area is 79.9 Å². The van der Waals surface area contributed by atoms with E-state index in [0.29, 0.717) is 0 Å².